The number of nitrogens with zero attached hydrogens (tertiary/aromatic N) is 5. The second kappa shape index (κ2) is 9.90. The first-order chi connectivity index (χ1) is 15.2. The van der Waals surface area contributed by atoms with Crippen molar-refractivity contribution in [2.75, 3.05) is 33.2 Å². The quantitative estimate of drug-likeness (QED) is 0.660. The second-order valence-electron chi connectivity index (χ2n) is 8.16. The highest BCUT2D eigenvalue weighted by Gasteiger charge is 2.37. The topological polar surface area (TPSA) is 61.2 Å². The Hall–Kier alpha value is -2.96. The molecule has 1 saturated heterocycles. The van der Waals surface area contributed by atoms with Gasteiger partial charge >= 0.3 is 0 Å². The molecule has 4 rings (SSSR count). The molecule has 0 aliphatic carbocycles. The average Bonchev–Trinajstić information content (AvgIpc) is 3.25. The Morgan fingerprint density at radius 3 is 2.58 bits per heavy atom. The van der Waals surface area contributed by atoms with E-state index in [1.807, 2.05) is 49.5 Å². The van der Waals surface area contributed by atoms with Gasteiger partial charge in [-0.3, -0.25) is 14.9 Å². The minimum absolute atomic E-state index is 0.00242. The molecule has 6 nitrogen and oxygen atoms in total. The minimum atomic E-state index is -0.0379. The predicted octanol–water partition coefficient (Wildman–Crippen LogP) is 4.30. The fourth-order valence-corrected chi connectivity index (χ4v) is 4.29. The van der Waals surface area contributed by atoms with Crippen LogP contribution in [0.4, 0.5) is 0 Å². The zero-order valence-corrected chi connectivity index (χ0v) is 18.2. The molecule has 1 fully saturated rings. The number of benzene rings is 1. The normalized spacial score (nSPS) is 23.3. The van der Waals surface area contributed by atoms with Gasteiger partial charge in [-0.15, -0.1) is 4.91 Å². The van der Waals surface area contributed by atoms with Crippen LogP contribution in [0, 0.1) is 10.8 Å². The molecule has 2 aliphatic rings. The molecular weight excluding hydrogens is 386 g/mol. The summed E-state index contributed by atoms with van der Waals surface area (Å²) in [5.74, 6) is -0.00242. The van der Waals surface area contributed by atoms with E-state index in [0.29, 0.717) is 12.1 Å². The molecule has 31 heavy (non-hydrogen) atoms. The van der Waals surface area contributed by atoms with Crippen molar-refractivity contribution >= 4 is 17.9 Å². The molecule has 2 aliphatic heterocycles. The summed E-state index contributed by atoms with van der Waals surface area (Å²) < 4.78 is 0. The van der Waals surface area contributed by atoms with Crippen LogP contribution in [0.2, 0.25) is 0 Å². The van der Waals surface area contributed by atoms with E-state index in [1.54, 1.807) is 0 Å². The lowest BCUT2D eigenvalue weighted by molar-refractivity contribution is 0.0988. The SMILES string of the molecule is C/C=C(\N=O)C1CC(c2ccnc(/C=C/c3ccccc3)c2)=NC1N1CCN(C)CC1. The monoisotopic (exact) mass is 415 g/mol. The number of aliphatic imine (C=N–C) groups is 1. The standard InChI is InChI=1S/C25H29N5O/c1-3-23(28-31)22-18-24(27-25(22)30-15-13-29(2)14-16-30)20-11-12-26-21(17-20)10-9-19-7-5-4-6-8-19/h3-12,17,22,25H,13-16,18H2,1-2H3/b10-9+,23-3-. The second-order valence-corrected chi connectivity index (χ2v) is 8.16. The minimum Gasteiger partial charge on any atom is -0.304 e. The zero-order chi connectivity index (χ0) is 21.6. The molecule has 0 amide bonds. The summed E-state index contributed by atoms with van der Waals surface area (Å²) in [7, 11) is 2.14. The number of hydrogen-bond donors (Lipinski definition) is 0. The van der Waals surface area contributed by atoms with Gasteiger partial charge in [0.05, 0.1) is 11.4 Å². The highest BCUT2D eigenvalue weighted by molar-refractivity contribution is 6.02. The average molecular weight is 416 g/mol. The van der Waals surface area contributed by atoms with Crippen LogP contribution in [-0.2, 0) is 0 Å². The summed E-state index contributed by atoms with van der Waals surface area (Å²) in [5.41, 5.74) is 4.71. The Morgan fingerprint density at radius 2 is 1.87 bits per heavy atom. The number of piperazine rings is 1. The molecular formula is C25H29N5O. The maximum absolute atomic E-state index is 11.5. The molecule has 0 N–H and O–H groups in total. The smallest absolute Gasteiger partial charge is 0.111 e. The van der Waals surface area contributed by atoms with Crippen LogP contribution in [-0.4, -0.2) is 59.9 Å². The summed E-state index contributed by atoms with van der Waals surface area (Å²) in [6, 6.07) is 14.3. The van der Waals surface area contributed by atoms with Crippen molar-refractivity contribution in [1.29, 1.82) is 0 Å². The molecule has 160 valence electrons. The fraction of sp³-hybridized carbons (Fsp3) is 0.360. The molecule has 2 atom stereocenters. The lowest BCUT2D eigenvalue weighted by atomic mass is 9.95. The van der Waals surface area contributed by atoms with Crippen molar-refractivity contribution in [1.82, 2.24) is 14.8 Å². The van der Waals surface area contributed by atoms with E-state index >= 15 is 0 Å². The molecule has 0 bridgehead atoms. The highest BCUT2D eigenvalue weighted by atomic mass is 16.3. The molecule has 2 aromatic rings. The molecule has 3 heterocycles. The zero-order valence-electron chi connectivity index (χ0n) is 18.2. The molecule has 0 spiro atoms. The molecule has 6 heteroatoms. The Bertz CT molecular complexity index is 990. The van der Waals surface area contributed by atoms with E-state index in [0.717, 1.165) is 48.7 Å². The Kier molecular flexibility index (Phi) is 6.79. The third-order valence-electron chi connectivity index (χ3n) is 6.11. The van der Waals surface area contributed by atoms with E-state index in [9.17, 15) is 4.91 Å². The molecule has 1 aromatic carbocycles. The lowest BCUT2D eigenvalue weighted by Gasteiger charge is -2.37. The van der Waals surface area contributed by atoms with Crippen molar-refractivity contribution in [3.63, 3.8) is 0 Å². The van der Waals surface area contributed by atoms with E-state index < -0.39 is 0 Å². The fourth-order valence-electron chi connectivity index (χ4n) is 4.29. The van der Waals surface area contributed by atoms with Crippen LogP contribution in [0.25, 0.3) is 12.2 Å². The van der Waals surface area contributed by atoms with E-state index in [-0.39, 0.29) is 12.1 Å². The van der Waals surface area contributed by atoms with Gasteiger partial charge in [-0.2, -0.15) is 0 Å². The number of rotatable bonds is 6. The van der Waals surface area contributed by atoms with Crippen LogP contribution in [0.3, 0.4) is 0 Å². The molecule has 1 aromatic heterocycles. The Balaban J connectivity index is 1.58. The summed E-state index contributed by atoms with van der Waals surface area (Å²) >= 11 is 0. The Morgan fingerprint density at radius 1 is 1.10 bits per heavy atom. The van der Waals surface area contributed by atoms with Crippen LogP contribution < -0.4 is 0 Å². The largest absolute Gasteiger partial charge is 0.304 e. The maximum atomic E-state index is 11.5. The summed E-state index contributed by atoms with van der Waals surface area (Å²) in [6.45, 7) is 5.81. The van der Waals surface area contributed by atoms with Crippen molar-refractivity contribution in [2.24, 2.45) is 16.1 Å². The third-order valence-corrected chi connectivity index (χ3v) is 6.11. The van der Waals surface area contributed by atoms with E-state index in [1.165, 1.54) is 0 Å². The van der Waals surface area contributed by atoms with Crippen LogP contribution in [0.1, 0.15) is 30.2 Å². The summed E-state index contributed by atoms with van der Waals surface area (Å²) in [5, 5.41) is 3.33. The molecule has 0 radical (unpaired) electrons. The van der Waals surface area contributed by atoms with Gasteiger partial charge in [-0.1, -0.05) is 42.5 Å². The van der Waals surface area contributed by atoms with Gasteiger partial charge in [0.1, 0.15) is 6.17 Å². The van der Waals surface area contributed by atoms with E-state index in [2.05, 4.69) is 51.3 Å². The summed E-state index contributed by atoms with van der Waals surface area (Å²) in [6.07, 6.45) is 8.42. The van der Waals surface area contributed by atoms with Crippen LogP contribution in [0.15, 0.2) is 70.6 Å². The van der Waals surface area contributed by atoms with Crippen molar-refractivity contribution in [3.8, 4) is 0 Å². The lowest BCUT2D eigenvalue weighted by Crippen LogP contribution is -2.50. The van der Waals surface area contributed by atoms with Gasteiger partial charge in [-0.05, 0) is 48.5 Å². The van der Waals surface area contributed by atoms with Gasteiger partial charge in [0.2, 0.25) is 0 Å². The van der Waals surface area contributed by atoms with Crippen LogP contribution >= 0.6 is 0 Å². The number of nitroso groups, excluding NO2 is 1. The number of hydrogen-bond acceptors (Lipinski definition) is 6. The third kappa shape index (κ3) is 5.03. The van der Waals surface area contributed by atoms with E-state index in [4.69, 9.17) is 4.99 Å². The van der Waals surface area contributed by atoms with Gasteiger partial charge in [-0.25, -0.2) is 0 Å². The summed E-state index contributed by atoms with van der Waals surface area (Å²) in [4.78, 5) is 25.8. The van der Waals surface area contributed by atoms with Crippen molar-refractivity contribution < 1.29 is 0 Å². The first-order valence-corrected chi connectivity index (χ1v) is 10.9. The predicted molar refractivity (Wildman–Crippen MR) is 127 cm³/mol. The van der Waals surface area contributed by atoms with Gasteiger partial charge in [0.25, 0.3) is 0 Å². The van der Waals surface area contributed by atoms with Crippen LogP contribution in [0.5, 0.6) is 0 Å². The van der Waals surface area contributed by atoms with Crippen molar-refractivity contribution in [3.05, 3.63) is 82.2 Å². The highest BCUT2D eigenvalue weighted by Crippen LogP contribution is 2.34. The number of pyridine rings is 1. The number of likely N-dealkylation sites (N-methyl/N-ethyl adjacent to an activating group) is 1. The maximum Gasteiger partial charge on any atom is 0.111 e. The number of allylic oxidation sites excluding steroid dienone is 1. The van der Waals surface area contributed by atoms with Gasteiger partial charge in [0.15, 0.2) is 0 Å². The Labute approximate surface area is 184 Å². The molecule has 0 saturated carbocycles. The van der Waals surface area contributed by atoms with Gasteiger partial charge in [0, 0.05) is 50.4 Å². The first kappa shape index (κ1) is 21.3. The van der Waals surface area contributed by atoms with Crippen molar-refractivity contribution in [2.45, 2.75) is 19.5 Å². The molecule has 2 unspecified atom stereocenters. The van der Waals surface area contributed by atoms with Gasteiger partial charge < -0.3 is 4.90 Å². The number of aromatic nitrogens is 1. The first-order valence-electron chi connectivity index (χ1n) is 10.9.